The predicted octanol–water partition coefficient (Wildman–Crippen LogP) is 1.89. The SMILES string of the molecule is COC1CC(C#Cc2cccc(C#N)c2)C(OC)O1. The molecule has 1 aliphatic rings. The quantitative estimate of drug-likeness (QED) is 0.759. The Morgan fingerprint density at radius 1 is 1.26 bits per heavy atom. The van der Waals surface area contributed by atoms with Crippen molar-refractivity contribution in [1.82, 2.24) is 0 Å². The molecule has 1 heterocycles. The molecule has 1 aromatic rings. The van der Waals surface area contributed by atoms with Gasteiger partial charge in [0.2, 0.25) is 0 Å². The van der Waals surface area contributed by atoms with Crippen LogP contribution in [0.15, 0.2) is 24.3 Å². The van der Waals surface area contributed by atoms with Crippen LogP contribution in [-0.4, -0.2) is 26.8 Å². The molecule has 3 unspecified atom stereocenters. The van der Waals surface area contributed by atoms with Crippen LogP contribution in [0, 0.1) is 29.1 Å². The summed E-state index contributed by atoms with van der Waals surface area (Å²) >= 11 is 0. The molecule has 0 aliphatic carbocycles. The highest BCUT2D eigenvalue weighted by atomic mass is 16.8. The topological polar surface area (TPSA) is 51.5 Å². The van der Waals surface area contributed by atoms with Gasteiger partial charge in [-0.3, -0.25) is 0 Å². The van der Waals surface area contributed by atoms with Gasteiger partial charge in [-0.2, -0.15) is 5.26 Å². The number of methoxy groups -OCH3 is 2. The second kappa shape index (κ2) is 6.36. The van der Waals surface area contributed by atoms with Crippen molar-refractivity contribution in [1.29, 1.82) is 5.26 Å². The van der Waals surface area contributed by atoms with Gasteiger partial charge >= 0.3 is 0 Å². The highest BCUT2D eigenvalue weighted by Gasteiger charge is 2.34. The zero-order chi connectivity index (χ0) is 13.7. The van der Waals surface area contributed by atoms with Crippen molar-refractivity contribution >= 4 is 0 Å². The lowest BCUT2D eigenvalue weighted by Crippen LogP contribution is -2.17. The van der Waals surface area contributed by atoms with Crippen LogP contribution in [0.4, 0.5) is 0 Å². The lowest BCUT2D eigenvalue weighted by Gasteiger charge is -2.11. The number of nitriles is 1. The molecule has 1 aromatic carbocycles. The minimum absolute atomic E-state index is 0.0271. The summed E-state index contributed by atoms with van der Waals surface area (Å²) in [5.41, 5.74) is 1.42. The van der Waals surface area contributed by atoms with Crippen LogP contribution in [0.5, 0.6) is 0 Å². The molecule has 4 nitrogen and oxygen atoms in total. The van der Waals surface area contributed by atoms with Gasteiger partial charge in [0.25, 0.3) is 0 Å². The molecule has 3 atom stereocenters. The predicted molar refractivity (Wildman–Crippen MR) is 68.8 cm³/mol. The van der Waals surface area contributed by atoms with E-state index in [0.29, 0.717) is 12.0 Å². The lowest BCUT2D eigenvalue weighted by molar-refractivity contribution is -0.189. The summed E-state index contributed by atoms with van der Waals surface area (Å²) < 4.78 is 15.9. The molecule has 98 valence electrons. The fourth-order valence-electron chi connectivity index (χ4n) is 1.96. The van der Waals surface area contributed by atoms with Crippen LogP contribution in [0.2, 0.25) is 0 Å². The highest BCUT2D eigenvalue weighted by molar-refractivity contribution is 5.41. The van der Waals surface area contributed by atoms with Gasteiger partial charge in [-0.1, -0.05) is 17.9 Å². The first-order valence-corrected chi connectivity index (χ1v) is 5.99. The Morgan fingerprint density at radius 2 is 2.05 bits per heavy atom. The van der Waals surface area contributed by atoms with Crippen molar-refractivity contribution in [2.45, 2.75) is 19.0 Å². The molecule has 0 N–H and O–H groups in total. The van der Waals surface area contributed by atoms with E-state index in [4.69, 9.17) is 19.5 Å². The summed E-state index contributed by atoms with van der Waals surface area (Å²) in [6.45, 7) is 0. The fraction of sp³-hybridized carbons (Fsp3) is 0.400. The van der Waals surface area contributed by atoms with Gasteiger partial charge < -0.3 is 14.2 Å². The van der Waals surface area contributed by atoms with Crippen molar-refractivity contribution in [2.75, 3.05) is 14.2 Å². The molecule has 4 heteroatoms. The van der Waals surface area contributed by atoms with Gasteiger partial charge in [-0.25, -0.2) is 0 Å². The molecular weight excluding hydrogens is 242 g/mol. The third kappa shape index (κ3) is 3.33. The Kier molecular flexibility index (Phi) is 4.54. The van der Waals surface area contributed by atoms with Crippen LogP contribution in [0.25, 0.3) is 0 Å². The van der Waals surface area contributed by atoms with Crippen molar-refractivity contribution in [3.8, 4) is 17.9 Å². The van der Waals surface area contributed by atoms with E-state index in [1.165, 1.54) is 0 Å². The van der Waals surface area contributed by atoms with Crippen molar-refractivity contribution in [3.63, 3.8) is 0 Å². The van der Waals surface area contributed by atoms with Crippen LogP contribution in [-0.2, 0) is 14.2 Å². The van der Waals surface area contributed by atoms with E-state index in [1.807, 2.05) is 12.1 Å². The van der Waals surface area contributed by atoms with Crippen molar-refractivity contribution in [3.05, 3.63) is 35.4 Å². The molecule has 0 amide bonds. The number of nitrogens with zero attached hydrogens (tertiary/aromatic N) is 1. The van der Waals surface area contributed by atoms with Crippen molar-refractivity contribution < 1.29 is 14.2 Å². The van der Waals surface area contributed by atoms with Gasteiger partial charge in [0.1, 0.15) is 0 Å². The Bertz CT molecular complexity index is 538. The third-order valence-corrected chi connectivity index (χ3v) is 2.95. The van der Waals surface area contributed by atoms with E-state index in [2.05, 4.69) is 17.9 Å². The van der Waals surface area contributed by atoms with E-state index >= 15 is 0 Å². The number of benzene rings is 1. The summed E-state index contributed by atoms with van der Waals surface area (Å²) in [4.78, 5) is 0. The first-order valence-electron chi connectivity index (χ1n) is 5.99. The largest absolute Gasteiger partial charge is 0.356 e. The molecule has 0 spiro atoms. The van der Waals surface area contributed by atoms with Gasteiger partial charge in [-0.15, -0.1) is 0 Å². The molecule has 0 bridgehead atoms. The number of rotatable bonds is 2. The van der Waals surface area contributed by atoms with Crippen molar-refractivity contribution in [2.24, 2.45) is 5.92 Å². The summed E-state index contributed by atoms with van der Waals surface area (Å²) in [5.74, 6) is 6.15. The molecule has 19 heavy (non-hydrogen) atoms. The van der Waals surface area contributed by atoms with E-state index in [-0.39, 0.29) is 18.5 Å². The second-order valence-corrected chi connectivity index (χ2v) is 4.21. The molecule has 2 rings (SSSR count). The summed E-state index contributed by atoms with van der Waals surface area (Å²) in [7, 11) is 3.19. The standard InChI is InChI=1S/C15H15NO3/c1-17-14-9-13(15(18-2)19-14)7-6-11-4-3-5-12(8-11)10-16/h3-5,8,13-15H,9H2,1-2H3. The Labute approximate surface area is 112 Å². The highest BCUT2D eigenvalue weighted by Crippen LogP contribution is 2.26. The third-order valence-electron chi connectivity index (χ3n) is 2.95. The van der Waals surface area contributed by atoms with Gasteiger partial charge in [0, 0.05) is 26.2 Å². The van der Waals surface area contributed by atoms with Crippen LogP contribution in [0.3, 0.4) is 0 Å². The van der Waals surface area contributed by atoms with Crippen LogP contribution < -0.4 is 0 Å². The monoisotopic (exact) mass is 257 g/mol. The van der Waals surface area contributed by atoms with Crippen LogP contribution >= 0.6 is 0 Å². The second-order valence-electron chi connectivity index (χ2n) is 4.21. The molecule has 1 saturated heterocycles. The van der Waals surface area contributed by atoms with Crippen LogP contribution in [0.1, 0.15) is 17.5 Å². The molecule has 0 radical (unpaired) electrons. The maximum Gasteiger partial charge on any atom is 0.174 e. The average molecular weight is 257 g/mol. The minimum atomic E-state index is -0.364. The first-order chi connectivity index (χ1) is 9.26. The van der Waals surface area contributed by atoms with E-state index < -0.39 is 0 Å². The molecule has 0 saturated carbocycles. The Hall–Kier alpha value is -1.85. The summed E-state index contributed by atoms with van der Waals surface area (Å²) in [5, 5.41) is 8.83. The zero-order valence-electron chi connectivity index (χ0n) is 10.9. The maximum absolute atomic E-state index is 8.83. The number of ether oxygens (including phenoxy) is 3. The Balaban J connectivity index is 2.12. The Morgan fingerprint density at radius 3 is 2.74 bits per heavy atom. The fourth-order valence-corrected chi connectivity index (χ4v) is 1.96. The van der Waals surface area contributed by atoms with E-state index in [1.54, 1.807) is 26.4 Å². The molecular formula is C15H15NO3. The maximum atomic E-state index is 8.83. The lowest BCUT2D eigenvalue weighted by atomic mass is 10.1. The smallest absolute Gasteiger partial charge is 0.174 e. The number of hydrogen-bond donors (Lipinski definition) is 0. The van der Waals surface area contributed by atoms with Gasteiger partial charge in [-0.05, 0) is 18.2 Å². The van der Waals surface area contributed by atoms with E-state index in [0.717, 1.165) is 5.56 Å². The molecule has 1 aliphatic heterocycles. The summed E-state index contributed by atoms with van der Waals surface area (Å²) in [6.07, 6.45) is 0.0474. The normalized spacial score (nSPS) is 25.4. The average Bonchev–Trinajstić information content (AvgIpc) is 2.87. The van der Waals surface area contributed by atoms with E-state index in [9.17, 15) is 0 Å². The summed E-state index contributed by atoms with van der Waals surface area (Å²) in [6, 6.07) is 9.30. The van der Waals surface area contributed by atoms with Gasteiger partial charge in [0.05, 0.1) is 17.6 Å². The molecule has 0 aromatic heterocycles. The van der Waals surface area contributed by atoms with Gasteiger partial charge in [0.15, 0.2) is 12.6 Å². The zero-order valence-corrected chi connectivity index (χ0v) is 10.9. The number of hydrogen-bond acceptors (Lipinski definition) is 4. The minimum Gasteiger partial charge on any atom is -0.356 e. The molecule has 1 fully saturated rings. The first kappa shape index (κ1) is 13.6.